The number of piperazine rings is 1. The number of amides is 2. The number of carbonyl (C=O) groups is 2. The van der Waals surface area contributed by atoms with Gasteiger partial charge in [0.15, 0.2) is 11.7 Å². The fraction of sp³-hybridized carbons (Fsp3) is 0.391. The summed E-state index contributed by atoms with van der Waals surface area (Å²) in [5, 5.41) is 1.37. The minimum atomic E-state index is -0.514. The van der Waals surface area contributed by atoms with Crippen molar-refractivity contribution in [2.45, 2.75) is 32.9 Å². The molecule has 10 heteroatoms. The average molecular weight is 488 g/mol. The molecule has 2 aromatic heterocycles. The van der Waals surface area contributed by atoms with Crippen LogP contribution in [-0.4, -0.2) is 57.3 Å². The molecule has 4 rings (SSSR count). The number of rotatable bonds is 7. The summed E-state index contributed by atoms with van der Waals surface area (Å²) in [4.78, 5) is 38.1. The Labute approximate surface area is 201 Å². The van der Waals surface area contributed by atoms with E-state index < -0.39 is 6.04 Å². The highest BCUT2D eigenvalue weighted by molar-refractivity contribution is 7.17. The summed E-state index contributed by atoms with van der Waals surface area (Å²) >= 11 is 7.20. The van der Waals surface area contributed by atoms with Crippen molar-refractivity contribution in [3.05, 3.63) is 46.6 Å². The van der Waals surface area contributed by atoms with E-state index in [1.807, 2.05) is 36.9 Å². The molecule has 0 saturated carbocycles. The molecule has 1 fully saturated rings. The third-order valence-corrected chi connectivity index (χ3v) is 6.73. The highest BCUT2D eigenvalue weighted by atomic mass is 35.5. The molecule has 1 saturated heterocycles. The van der Waals surface area contributed by atoms with E-state index in [1.54, 1.807) is 17.0 Å². The first-order chi connectivity index (χ1) is 15.8. The van der Waals surface area contributed by atoms with Gasteiger partial charge in [0.05, 0.1) is 9.85 Å². The van der Waals surface area contributed by atoms with Crippen LogP contribution in [0.4, 0.5) is 5.82 Å². The van der Waals surface area contributed by atoms with E-state index in [0.29, 0.717) is 41.3 Å². The molecule has 1 aliphatic rings. The molecule has 1 atom stereocenters. The van der Waals surface area contributed by atoms with Gasteiger partial charge in [0, 0.05) is 25.0 Å². The Hall–Kier alpha value is -2.91. The third kappa shape index (κ3) is 5.36. The third-order valence-electron chi connectivity index (χ3n) is 5.59. The second kappa shape index (κ2) is 9.93. The number of nitrogens with two attached hydrogens (primary N) is 1. The highest BCUT2D eigenvalue weighted by Crippen LogP contribution is 2.28. The molecule has 3 aromatic rings. The van der Waals surface area contributed by atoms with Crippen LogP contribution in [0.25, 0.3) is 10.9 Å². The molecule has 0 radical (unpaired) electrons. The fourth-order valence-electron chi connectivity index (χ4n) is 4.00. The molecule has 0 spiro atoms. The van der Waals surface area contributed by atoms with Crippen LogP contribution in [0.1, 0.15) is 25.8 Å². The molecule has 3 heterocycles. The van der Waals surface area contributed by atoms with Gasteiger partial charge in [-0.1, -0.05) is 42.9 Å². The lowest BCUT2D eigenvalue weighted by Gasteiger charge is -2.41. The first-order valence-corrected chi connectivity index (χ1v) is 12.0. The Morgan fingerprint density at radius 3 is 2.82 bits per heavy atom. The summed E-state index contributed by atoms with van der Waals surface area (Å²) in [5.74, 6) is 0.436. The van der Waals surface area contributed by atoms with Gasteiger partial charge in [-0.05, 0) is 42.2 Å². The van der Waals surface area contributed by atoms with Crippen LogP contribution in [0.3, 0.4) is 0 Å². The number of ether oxygens (including phenoxy) is 1. The number of benzene rings is 1. The van der Waals surface area contributed by atoms with Gasteiger partial charge < -0.3 is 20.3 Å². The Kier molecular flexibility index (Phi) is 6.99. The van der Waals surface area contributed by atoms with Crippen molar-refractivity contribution in [1.82, 2.24) is 19.8 Å². The summed E-state index contributed by atoms with van der Waals surface area (Å²) < 4.78 is 6.20. The predicted molar refractivity (Wildman–Crippen MR) is 129 cm³/mol. The number of anilines is 1. The van der Waals surface area contributed by atoms with Gasteiger partial charge in [-0.15, -0.1) is 0 Å². The van der Waals surface area contributed by atoms with Crippen LogP contribution < -0.4 is 10.5 Å². The second-order valence-corrected chi connectivity index (χ2v) is 10.1. The maximum atomic E-state index is 13.4. The first-order valence-electron chi connectivity index (χ1n) is 10.8. The van der Waals surface area contributed by atoms with Gasteiger partial charge in [-0.3, -0.25) is 9.59 Å². The first kappa shape index (κ1) is 23.3. The van der Waals surface area contributed by atoms with Gasteiger partial charge in [-0.25, -0.2) is 9.97 Å². The molecule has 0 unspecified atom stereocenters. The number of thiophene rings is 1. The maximum absolute atomic E-state index is 13.4. The summed E-state index contributed by atoms with van der Waals surface area (Å²) in [6, 6.07) is 8.68. The number of nitrogens with zero attached hydrogens (tertiary/aromatic N) is 4. The second-order valence-electron chi connectivity index (χ2n) is 8.45. The zero-order valence-electron chi connectivity index (χ0n) is 18.5. The van der Waals surface area contributed by atoms with Crippen LogP contribution >= 0.6 is 22.9 Å². The summed E-state index contributed by atoms with van der Waals surface area (Å²) in [5.41, 5.74) is 7.61. The standard InChI is InChI=1S/C23H26ClN5O3S/c1-14(2)9-18-23(31)28(11-15-3-4-16-17(10-15)26-13-27-22(16)25)7-8-29(18)20(30)12-32-21-6-5-19(24)33-21/h3-6,10,13-14,18H,7-9,11-12H2,1-2H3,(H2,25,26,27)/t18-/m0/s1. The zero-order valence-corrected chi connectivity index (χ0v) is 20.1. The van der Waals surface area contributed by atoms with Crippen LogP contribution in [0.5, 0.6) is 5.06 Å². The van der Waals surface area contributed by atoms with Crippen LogP contribution in [0, 0.1) is 5.92 Å². The SMILES string of the molecule is CC(C)C[C@H]1C(=O)N(Cc2ccc3c(N)ncnc3c2)CCN1C(=O)COc1ccc(Cl)s1. The number of halogens is 1. The minimum absolute atomic E-state index is 0.0511. The van der Waals surface area contributed by atoms with Gasteiger partial charge in [0.1, 0.15) is 18.2 Å². The Morgan fingerprint density at radius 2 is 2.09 bits per heavy atom. The number of nitrogen functional groups attached to an aromatic ring is 1. The lowest BCUT2D eigenvalue weighted by atomic mass is 9.98. The predicted octanol–water partition coefficient (Wildman–Crippen LogP) is 3.59. The Balaban J connectivity index is 1.46. The Bertz CT molecular complexity index is 1170. The normalized spacial score (nSPS) is 16.6. The molecule has 174 valence electrons. The minimum Gasteiger partial charge on any atom is -0.474 e. The molecule has 1 aliphatic heterocycles. The lowest BCUT2D eigenvalue weighted by molar-refractivity contribution is -0.153. The van der Waals surface area contributed by atoms with E-state index in [0.717, 1.165) is 16.5 Å². The molecule has 8 nitrogen and oxygen atoms in total. The Morgan fingerprint density at radius 1 is 1.27 bits per heavy atom. The van der Waals surface area contributed by atoms with E-state index in [4.69, 9.17) is 22.1 Å². The average Bonchev–Trinajstić information content (AvgIpc) is 3.20. The van der Waals surface area contributed by atoms with Crippen molar-refractivity contribution in [2.75, 3.05) is 25.4 Å². The molecule has 2 amide bonds. The van der Waals surface area contributed by atoms with Gasteiger partial charge in [0.2, 0.25) is 5.91 Å². The smallest absolute Gasteiger partial charge is 0.261 e. The van der Waals surface area contributed by atoms with Crippen LogP contribution in [-0.2, 0) is 16.1 Å². The van der Waals surface area contributed by atoms with Crippen molar-refractivity contribution >= 4 is 51.5 Å². The topological polar surface area (TPSA) is 102 Å². The van der Waals surface area contributed by atoms with Crippen molar-refractivity contribution in [3.8, 4) is 5.06 Å². The van der Waals surface area contributed by atoms with Crippen molar-refractivity contribution in [1.29, 1.82) is 0 Å². The highest BCUT2D eigenvalue weighted by Gasteiger charge is 2.37. The van der Waals surface area contributed by atoms with Crippen LogP contribution in [0.2, 0.25) is 4.34 Å². The number of carbonyl (C=O) groups excluding carboxylic acids is 2. The molecule has 33 heavy (non-hydrogen) atoms. The molecular weight excluding hydrogens is 462 g/mol. The molecule has 1 aromatic carbocycles. The number of fused-ring (bicyclic) bond motifs is 1. The van der Waals surface area contributed by atoms with Crippen molar-refractivity contribution in [3.63, 3.8) is 0 Å². The molecule has 2 N–H and O–H groups in total. The van der Waals surface area contributed by atoms with Crippen LogP contribution in [0.15, 0.2) is 36.7 Å². The van der Waals surface area contributed by atoms with Crippen molar-refractivity contribution < 1.29 is 14.3 Å². The van der Waals surface area contributed by atoms with E-state index >= 15 is 0 Å². The zero-order chi connectivity index (χ0) is 23.5. The number of hydrogen-bond donors (Lipinski definition) is 1. The van der Waals surface area contributed by atoms with Gasteiger partial charge >= 0.3 is 0 Å². The quantitative estimate of drug-likeness (QED) is 0.546. The van der Waals surface area contributed by atoms with E-state index in [9.17, 15) is 9.59 Å². The van der Waals surface area contributed by atoms with E-state index in [1.165, 1.54) is 17.7 Å². The summed E-state index contributed by atoms with van der Waals surface area (Å²) in [7, 11) is 0. The molecule has 0 aliphatic carbocycles. The summed E-state index contributed by atoms with van der Waals surface area (Å²) in [6.07, 6.45) is 2.02. The fourth-order valence-corrected chi connectivity index (χ4v) is 4.88. The van der Waals surface area contributed by atoms with E-state index in [-0.39, 0.29) is 24.3 Å². The summed E-state index contributed by atoms with van der Waals surface area (Å²) in [6.45, 7) is 5.33. The molecule has 0 bridgehead atoms. The monoisotopic (exact) mass is 487 g/mol. The van der Waals surface area contributed by atoms with Gasteiger partial charge in [0.25, 0.3) is 5.91 Å². The number of aromatic nitrogens is 2. The van der Waals surface area contributed by atoms with Gasteiger partial charge in [-0.2, -0.15) is 0 Å². The lowest BCUT2D eigenvalue weighted by Crippen LogP contribution is -2.59. The largest absolute Gasteiger partial charge is 0.474 e. The molecular formula is C23H26ClN5O3S. The number of hydrogen-bond acceptors (Lipinski definition) is 7. The maximum Gasteiger partial charge on any atom is 0.261 e. The van der Waals surface area contributed by atoms with Crippen molar-refractivity contribution in [2.24, 2.45) is 5.92 Å². The van der Waals surface area contributed by atoms with E-state index in [2.05, 4.69) is 9.97 Å².